The Kier molecular flexibility index (Phi) is 14.9. The van der Waals surface area contributed by atoms with E-state index < -0.39 is 64.4 Å². The molecule has 6 rings (SSSR count). The molecule has 10 nitrogen and oxygen atoms in total. The predicted molar refractivity (Wildman–Crippen MR) is 205 cm³/mol. The van der Waals surface area contributed by atoms with Crippen LogP contribution in [0.15, 0.2) is 54.0 Å². The summed E-state index contributed by atoms with van der Waals surface area (Å²) < 4.78 is 82.5. The van der Waals surface area contributed by atoms with Crippen LogP contribution in [0.4, 0.5) is 26.3 Å². The maximum Gasteiger partial charge on any atom is 0.425 e. The molecule has 0 bridgehead atoms. The molecule has 1 aromatic carbocycles. The number of aliphatic carboxylic acids is 1. The second-order valence-corrected chi connectivity index (χ2v) is 16.3. The van der Waals surface area contributed by atoms with Crippen molar-refractivity contribution in [2.24, 2.45) is 11.8 Å². The number of amides is 2. The Morgan fingerprint density at radius 3 is 2.31 bits per heavy atom. The Labute approximate surface area is 342 Å². The Hall–Kier alpha value is -4.85. The third-order valence-corrected chi connectivity index (χ3v) is 12.4. The van der Waals surface area contributed by atoms with Gasteiger partial charge in [-0.3, -0.25) is 19.4 Å². The van der Waals surface area contributed by atoms with Crippen molar-refractivity contribution in [1.82, 2.24) is 14.8 Å². The molecule has 3 fully saturated rings. The number of aromatic nitrogens is 1. The fourth-order valence-electron chi connectivity index (χ4n) is 8.41. The molecule has 0 radical (unpaired) electrons. The number of hydrogen-bond acceptors (Lipinski definition) is 8. The molecule has 2 aromatic heterocycles. The average molecular weight is 851 g/mol. The van der Waals surface area contributed by atoms with Gasteiger partial charge in [0.15, 0.2) is 0 Å². The van der Waals surface area contributed by atoms with Crippen LogP contribution in [0.2, 0.25) is 0 Å². The van der Waals surface area contributed by atoms with E-state index in [4.69, 9.17) is 9.84 Å². The molecule has 4 heterocycles. The molecule has 59 heavy (non-hydrogen) atoms. The number of carboxylic acids is 1. The standard InChI is InChI=1S/C37H45F3N4O5.C5H3F3OS/c1-2-9-31-27(10-4-3-7-19-44(31)33(45)23-30-28(37(38,39)40)12-8-18-42-30)34(46)43-20-16-36(24-41,17-21-43)29-11-5-6-13-32(29)49-26-15-14-25(22-26)35(47)48;6-5(7,8)4-1-3(9)2-10-4/h5-6,8,11-13,18,25-27,31H,2-4,7,9-10,14-17,19-23H2,1H3,(H,47,48);1-2,9H. The molecule has 3 aliphatic rings. The normalized spacial score (nSPS) is 22.3. The molecular formula is C42H48F6N4O6S. The minimum Gasteiger partial charge on any atom is -0.507 e. The summed E-state index contributed by atoms with van der Waals surface area (Å²) in [6, 6.07) is 12.3. The number of halogens is 6. The van der Waals surface area contributed by atoms with E-state index in [-0.39, 0.29) is 23.5 Å². The summed E-state index contributed by atoms with van der Waals surface area (Å²) in [4.78, 5) is 46.1. The number of ether oxygens (including phenoxy) is 1. The van der Waals surface area contributed by atoms with E-state index in [1.54, 1.807) is 9.80 Å². The van der Waals surface area contributed by atoms with Crippen LogP contribution >= 0.6 is 11.3 Å². The van der Waals surface area contributed by atoms with Gasteiger partial charge in [-0.25, -0.2) is 0 Å². The summed E-state index contributed by atoms with van der Waals surface area (Å²) in [5, 5.41) is 29.5. The number of thiophene rings is 1. The minimum absolute atomic E-state index is 0.0892. The number of rotatable bonds is 9. The van der Waals surface area contributed by atoms with E-state index in [0.717, 1.165) is 29.9 Å². The Morgan fingerprint density at radius 2 is 1.71 bits per heavy atom. The summed E-state index contributed by atoms with van der Waals surface area (Å²) in [5.41, 5.74) is -1.40. The topological polar surface area (TPSA) is 144 Å². The van der Waals surface area contributed by atoms with Crippen molar-refractivity contribution < 1.29 is 55.7 Å². The smallest absolute Gasteiger partial charge is 0.425 e. The van der Waals surface area contributed by atoms with Crippen molar-refractivity contribution in [1.29, 1.82) is 5.26 Å². The first kappa shape index (κ1) is 45.2. The van der Waals surface area contributed by atoms with Gasteiger partial charge in [0, 0.05) is 48.9 Å². The van der Waals surface area contributed by atoms with Crippen LogP contribution in [0.1, 0.15) is 99.3 Å². The van der Waals surface area contributed by atoms with Gasteiger partial charge in [-0.2, -0.15) is 31.6 Å². The van der Waals surface area contributed by atoms with Crippen molar-refractivity contribution in [2.75, 3.05) is 19.6 Å². The van der Waals surface area contributed by atoms with Gasteiger partial charge in [0.05, 0.1) is 47.1 Å². The Bertz CT molecular complexity index is 1960. The molecule has 1 aliphatic carbocycles. The number of hydrogen-bond donors (Lipinski definition) is 2. The zero-order valence-corrected chi connectivity index (χ0v) is 33.4. The number of para-hydroxylation sites is 1. The number of piperidine rings is 1. The van der Waals surface area contributed by atoms with Crippen molar-refractivity contribution >= 4 is 29.1 Å². The Balaban J connectivity index is 0.000000578. The third kappa shape index (κ3) is 11.3. The molecule has 3 aromatic rings. The highest BCUT2D eigenvalue weighted by molar-refractivity contribution is 7.10. The number of likely N-dealkylation sites (tertiary alicyclic amines) is 2. The van der Waals surface area contributed by atoms with Crippen LogP contribution in [-0.4, -0.2) is 74.6 Å². The van der Waals surface area contributed by atoms with E-state index in [0.29, 0.717) is 101 Å². The predicted octanol–water partition coefficient (Wildman–Crippen LogP) is 9.02. The van der Waals surface area contributed by atoms with Crippen molar-refractivity contribution in [2.45, 2.75) is 114 Å². The van der Waals surface area contributed by atoms with Crippen LogP contribution < -0.4 is 4.74 Å². The number of nitrogens with zero attached hydrogens (tertiary/aromatic N) is 4. The molecule has 2 amide bonds. The lowest BCUT2D eigenvalue weighted by Crippen LogP contribution is -2.54. The molecule has 320 valence electrons. The molecule has 4 atom stereocenters. The van der Waals surface area contributed by atoms with Crippen molar-refractivity contribution in [3.05, 3.63) is 75.7 Å². The van der Waals surface area contributed by atoms with Crippen molar-refractivity contribution in [3.8, 4) is 17.6 Å². The summed E-state index contributed by atoms with van der Waals surface area (Å²) in [6.45, 7) is 3.00. The summed E-state index contributed by atoms with van der Waals surface area (Å²) in [7, 11) is 0. The summed E-state index contributed by atoms with van der Waals surface area (Å²) in [6.07, 6.45) is -2.00. The molecule has 0 spiro atoms. The lowest BCUT2D eigenvalue weighted by molar-refractivity contribution is -0.145. The third-order valence-electron chi connectivity index (χ3n) is 11.5. The van der Waals surface area contributed by atoms with E-state index in [1.165, 1.54) is 12.3 Å². The van der Waals surface area contributed by atoms with Gasteiger partial charge in [-0.05, 0) is 69.6 Å². The Morgan fingerprint density at radius 1 is 0.983 bits per heavy atom. The maximum atomic E-state index is 14.3. The first-order chi connectivity index (χ1) is 28.0. The van der Waals surface area contributed by atoms with Crippen LogP contribution in [0.5, 0.6) is 11.5 Å². The van der Waals surface area contributed by atoms with Crippen molar-refractivity contribution in [3.63, 3.8) is 0 Å². The minimum atomic E-state index is -4.64. The maximum absolute atomic E-state index is 14.3. The largest absolute Gasteiger partial charge is 0.507 e. The number of carbonyl (C=O) groups excluding carboxylic acids is 2. The van der Waals surface area contributed by atoms with Gasteiger partial charge < -0.3 is 24.7 Å². The zero-order valence-electron chi connectivity index (χ0n) is 32.6. The monoisotopic (exact) mass is 850 g/mol. The number of carboxylic acid groups (broad SMARTS) is 1. The second kappa shape index (κ2) is 19.5. The number of aromatic hydroxyl groups is 1. The number of benzene rings is 1. The number of alkyl halides is 6. The number of pyridine rings is 1. The van der Waals surface area contributed by atoms with Gasteiger partial charge >= 0.3 is 18.3 Å². The molecule has 4 unspecified atom stereocenters. The first-order valence-corrected chi connectivity index (χ1v) is 20.7. The number of nitriles is 1. The highest BCUT2D eigenvalue weighted by atomic mass is 32.1. The fraction of sp³-hybridized carbons (Fsp3) is 0.548. The van der Waals surface area contributed by atoms with Crippen LogP contribution in [-0.2, 0) is 38.6 Å². The lowest BCUT2D eigenvalue weighted by atomic mass is 9.73. The highest BCUT2D eigenvalue weighted by Gasteiger charge is 2.44. The van der Waals surface area contributed by atoms with Gasteiger partial charge in [-0.15, -0.1) is 11.3 Å². The van der Waals surface area contributed by atoms with E-state index in [2.05, 4.69) is 11.1 Å². The average Bonchev–Trinajstić information content (AvgIpc) is 3.86. The van der Waals surface area contributed by atoms with E-state index >= 15 is 0 Å². The van der Waals surface area contributed by atoms with Crippen LogP contribution in [0.3, 0.4) is 0 Å². The number of carbonyl (C=O) groups is 3. The van der Waals surface area contributed by atoms with E-state index in [1.807, 2.05) is 31.2 Å². The summed E-state index contributed by atoms with van der Waals surface area (Å²) >= 11 is 0.481. The quantitative estimate of drug-likeness (QED) is 0.203. The summed E-state index contributed by atoms with van der Waals surface area (Å²) in [5.74, 6) is -2.10. The second-order valence-electron chi connectivity index (χ2n) is 15.3. The molecule has 17 heteroatoms. The zero-order chi connectivity index (χ0) is 43.0. The highest BCUT2D eigenvalue weighted by Crippen LogP contribution is 2.43. The first-order valence-electron chi connectivity index (χ1n) is 19.8. The molecular weight excluding hydrogens is 803 g/mol. The van der Waals surface area contributed by atoms with Gasteiger partial charge in [0.1, 0.15) is 16.4 Å². The van der Waals surface area contributed by atoms with E-state index in [9.17, 15) is 51.1 Å². The molecule has 2 N–H and O–H groups in total. The molecule has 1 saturated carbocycles. The van der Waals surface area contributed by atoms with Crippen LogP contribution in [0, 0.1) is 23.2 Å². The SMILES string of the molecule is CCCC1C(C(=O)N2CCC(C#N)(c3ccccc3OC3CCC(C(=O)O)C3)CC2)CCCCCN1C(=O)Cc1ncccc1C(F)(F)F.Oc1csc(C(F)(F)F)c1. The van der Waals surface area contributed by atoms with Gasteiger partial charge in [0.2, 0.25) is 11.8 Å². The lowest BCUT2D eigenvalue weighted by Gasteiger charge is -2.43. The van der Waals surface area contributed by atoms with Crippen LogP contribution in [0.25, 0.3) is 0 Å². The van der Waals surface area contributed by atoms with Gasteiger partial charge in [-0.1, -0.05) is 44.4 Å². The molecule has 2 aliphatic heterocycles. The van der Waals surface area contributed by atoms with Gasteiger partial charge in [0.25, 0.3) is 0 Å². The fourth-order valence-corrected chi connectivity index (χ4v) is 9.04. The molecule has 2 saturated heterocycles.